The molecule has 0 bridgehead atoms. The van der Waals surface area contributed by atoms with Crippen molar-refractivity contribution in [2.45, 2.75) is 53.2 Å². The number of nitrogens with zero attached hydrogens (tertiary/aromatic N) is 2. The second-order valence-electron chi connectivity index (χ2n) is 11.0. The molecule has 4 rings (SSSR count). The van der Waals surface area contributed by atoms with Gasteiger partial charge in [0.15, 0.2) is 0 Å². The summed E-state index contributed by atoms with van der Waals surface area (Å²) in [5.74, 6) is 0.125. The molecule has 0 aromatic heterocycles. The number of hydrogen-bond donors (Lipinski definition) is 0. The van der Waals surface area contributed by atoms with Crippen molar-refractivity contribution in [3.63, 3.8) is 0 Å². The van der Waals surface area contributed by atoms with Gasteiger partial charge in [0.25, 0.3) is 0 Å². The summed E-state index contributed by atoms with van der Waals surface area (Å²) in [6.07, 6.45) is 0.977. The highest BCUT2D eigenvalue weighted by atomic mass is 16.6. The van der Waals surface area contributed by atoms with Crippen molar-refractivity contribution in [3.05, 3.63) is 35.9 Å². The fraction of sp³-hybridized carbons (Fsp3) is 0.667. The van der Waals surface area contributed by atoms with Crippen LogP contribution in [0.15, 0.2) is 30.3 Å². The molecule has 2 atom stereocenters. The van der Waals surface area contributed by atoms with E-state index in [4.69, 9.17) is 4.74 Å². The summed E-state index contributed by atoms with van der Waals surface area (Å²) in [5, 5.41) is 0. The van der Waals surface area contributed by atoms with Crippen LogP contribution >= 0.6 is 0 Å². The maximum Gasteiger partial charge on any atom is 0.311 e. The van der Waals surface area contributed by atoms with E-state index in [1.54, 1.807) is 0 Å². The first-order valence-electron chi connectivity index (χ1n) is 10.8. The van der Waals surface area contributed by atoms with Gasteiger partial charge in [0.1, 0.15) is 5.60 Å². The molecule has 0 N–H and O–H groups in total. The van der Waals surface area contributed by atoms with Crippen LogP contribution in [0.3, 0.4) is 0 Å². The minimum Gasteiger partial charge on any atom is -0.460 e. The molecule has 1 saturated carbocycles. The minimum absolute atomic E-state index is 0.119. The van der Waals surface area contributed by atoms with Crippen molar-refractivity contribution in [3.8, 4) is 0 Å². The average molecular weight is 399 g/mol. The molecule has 1 aromatic carbocycles. The van der Waals surface area contributed by atoms with Gasteiger partial charge in [0.05, 0.1) is 5.92 Å². The fourth-order valence-corrected chi connectivity index (χ4v) is 5.03. The number of carbonyl (C=O) groups is 2. The van der Waals surface area contributed by atoms with Crippen LogP contribution in [0.5, 0.6) is 0 Å². The zero-order valence-corrected chi connectivity index (χ0v) is 18.4. The number of amides is 1. The van der Waals surface area contributed by atoms with E-state index in [1.807, 2.05) is 43.9 Å². The Morgan fingerprint density at radius 2 is 1.69 bits per heavy atom. The normalized spacial score (nSPS) is 27.6. The van der Waals surface area contributed by atoms with Gasteiger partial charge in [-0.25, -0.2) is 0 Å². The van der Waals surface area contributed by atoms with Gasteiger partial charge in [-0.1, -0.05) is 44.2 Å². The molecule has 1 aliphatic carbocycles. The predicted molar refractivity (Wildman–Crippen MR) is 112 cm³/mol. The number of ether oxygens (including phenoxy) is 1. The van der Waals surface area contributed by atoms with Crippen molar-refractivity contribution in [2.75, 3.05) is 26.2 Å². The molecule has 3 fully saturated rings. The molecular formula is C24H34N2O3. The zero-order chi connectivity index (χ0) is 21.0. The maximum atomic E-state index is 13.0. The Balaban J connectivity index is 1.47. The lowest BCUT2D eigenvalue weighted by atomic mass is 9.71. The van der Waals surface area contributed by atoms with E-state index < -0.39 is 5.60 Å². The third kappa shape index (κ3) is 4.07. The van der Waals surface area contributed by atoms with Gasteiger partial charge in [0.2, 0.25) is 5.91 Å². The number of esters is 1. The third-order valence-electron chi connectivity index (χ3n) is 6.79. The van der Waals surface area contributed by atoms with Crippen LogP contribution in [0.4, 0.5) is 0 Å². The predicted octanol–water partition coefficient (Wildman–Crippen LogP) is 3.33. The van der Waals surface area contributed by atoms with E-state index in [0.29, 0.717) is 19.6 Å². The van der Waals surface area contributed by atoms with Gasteiger partial charge in [-0.2, -0.15) is 0 Å². The molecule has 3 aliphatic rings. The smallest absolute Gasteiger partial charge is 0.311 e. The van der Waals surface area contributed by atoms with Crippen molar-refractivity contribution in [2.24, 2.45) is 22.7 Å². The summed E-state index contributed by atoms with van der Waals surface area (Å²) in [6, 6.07) is 10.4. The Hall–Kier alpha value is -1.88. The largest absolute Gasteiger partial charge is 0.460 e. The van der Waals surface area contributed by atoms with Gasteiger partial charge in [-0.05, 0) is 38.2 Å². The monoisotopic (exact) mass is 398 g/mol. The van der Waals surface area contributed by atoms with E-state index in [2.05, 4.69) is 30.9 Å². The number of hydrogen-bond acceptors (Lipinski definition) is 4. The first-order valence-corrected chi connectivity index (χ1v) is 10.8. The summed E-state index contributed by atoms with van der Waals surface area (Å²) < 4.78 is 5.77. The molecule has 29 heavy (non-hydrogen) atoms. The Kier molecular flexibility index (Phi) is 4.80. The highest BCUT2D eigenvalue weighted by molar-refractivity contribution is 5.84. The van der Waals surface area contributed by atoms with E-state index in [-0.39, 0.29) is 34.5 Å². The van der Waals surface area contributed by atoms with Gasteiger partial charge in [-0.3, -0.25) is 14.5 Å². The maximum absolute atomic E-state index is 13.0. The van der Waals surface area contributed by atoms with Crippen molar-refractivity contribution >= 4 is 11.9 Å². The number of likely N-dealkylation sites (tertiary alicyclic amines) is 2. The Morgan fingerprint density at radius 3 is 2.24 bits per heavy atom. The molecule has 5 heteroatoms. The van der Waals surface area contributed by atoms with Crippen LogP contribution in [-0.4, -0.2) is 53.5 Å². The van der Waals surface area contributed by atoms with Gasteiger partial charge < -0.3 is 9.64 Å². The Labute approximate surface area is 174 Å². The van der Waals surface area contributed by atoms with Gasteiger partial charge >= 0.3 is 5.97 Å². The molecule has 2 saturated heterocycles. The van der Waals surface area contributed by atoms with Crippen molar-refractivity contribution < 1.29 is 14.3 Å². The number of benzene rings is 1. The first kappa shape index (κ1) is 20.4. The molecule has 1 aromatic rings. The summed E-state index contributed by atoms with van der Waals surface area (Å²) >= 11 is 0. The molecule has 158 valence electrons. The highest BCUT2D eigenvalue weighted by Gasteiger charge is 2.61. The quantitative estimate of drug-likeness (QED) is 0.730. The fourth-order valence-electron chi connectivity index (χ4n) is 5.03. The van der Waals surface area contributed by atoms with Crippen LogP contribution in [0.1, 0.15) is 46.6 Å². The van der Waals surface area contributed by atoms with E-state index in [1.165, 1.54) is 5.56 Å². The molecule has 0 radical (unpaired) electrons. The van der Waals surface area contributed by atoms with Crippen LogP contribution in [0.25, 0.3) is 0 Å². The topological polar surface area (TPSA) is 49.9 Å². The van der Waals surface area contributed by atoms with Gasteiger partial charge in [0, 0.05) is 44.1 Å². The first-order chi connectivity index (χ1) is 13.5. The van der Waals surface area contributed by atoms with Crippen LogP contribution < -0.4 is 0 Å². The van der Waals surface area contributed by atoms with E-state index >= 15 is 0 Å². The summed E-state index contributed by atoms with van der Waals surface area (Å²) in [4.78, 5) is 30.2. The van der Waals surface area contributed by atoms with E-state index in [0.717, 1.165) is 19.5 Å². The standard InChI is InChI=1S/C24H34N2O3/c1-22(2,3)29-21(28)19-13-25(12-17-9-7-6-8-10-17)14-24(19)15-26(16-24)20(27)18-11-23(18,4)5/h6-10,18-19H,11-16H2,1-5H3/t18-,19+/m1/s1. The summed E-state index contributed by atoms with van der Waals surface area (Å²) in [5.41, 5.74) is 0.715. The summed E-state index contributed by atoms with van der Waals surface area (Å²) in [6.45, 7) is 13.8. The number of rotatable bonds is 4. The summed E-state index contributed by atoms with van der Waals surface area (Å²) in [7, 11) is 0. The second-order valence-corrected chi connectivity index (χ2v) is 11.0. The lowest BCUT2D eigenvalue weighted by Gasteiger charge is -2.50. The molecule has 2 heterocycles. The molecule has 5 nitrogen and oxygen atoms in total. The van der Waals surface area contributed by atoms with Gasteiger partial charge in [-0.15, -0.1) is 0 Å². The number of carbonyl (C=O) groups excluding carboxylic acids is 2. The molecule has 1 spiro atoms. The SMILES string of the molecule is CC(C)(C)OC(=O)[C@@H]1CN(Cc2ccccc2)CC12CN(C(=O)[C@H]1CC1(C)C)C2. The Bertz CT molecular complexity index is 790. The second kappa shape index (κ2) is 6.83. The van der Waals surface area contributed by atoms with Crippen molar-refractivity contribution in [1.29, 1.82) is 0 Å². The van der Waals surface area contributed by atoms with Crippen LogP contribution in [0.2, 0.25) is 0 Å². The van der Waals surface area contributed by atoms with Crippen LogP contribution in [0, 0.1) is 22.7 Å². The Morgan fingerprint density at radius 1 is 1.07 bits per heavy atom. The molecule has 0 unspecified atom stereocenters. The van der Waals surface area contributed by atoms with E-state index in [9.17, 15) is 9.59 Å². The molecule has 2 aliphatic heterocycles. The molecule has 1 amide bonds. The van der Waals surface area contributed by atoms with Crippen LogP contribution in [-0.2, 0) is 20.9 Å². The minimum atomic E-state index is -0.498. The van der Waals surface area contributed by atoms with Crippen molar-refractivity contribution in [1.82, 2.24) is 9.80 Å². The zero-order valence-electron chi connectivity index (χ0n) is 18.4. The highest BCUT2D eigenvalue weighted by Crippen LogP contribution is 2.54. The molecular weight excluding hydrogens is 364 g/mol. The lowest BCUT2D eigenvalue weighted by Crippen LogP contribution is -2.64. The lowest BCUT2D eigenvalue weighted by molar-refractivity contribution is -0.171. The third-order valence-corrected chi connectivity index (χ3v) is 6.79. The average Bonchev–Trinajstić information content (AvgIpc) is 3.06.